The zero-order valence-electron chi connectivity index (χ0n) is 21.9. The van der Waals surface area contributed by atoms with Crippen molar-refractivity contribution in [2.75, 3.05) is 6.61 Å². The van der Waals surface area contributed by atoms with Crippen LogP contribution < -0.4 is 9.47 Å². The Labute approximate surface area is 219 Å². The Balaban J connectivity index is 1.83. The van der Waals surface area contributed by atoms with Gasteiger partial charge in [0.25, 0.3) is 0 Å². The second-order valence-electron chi connectivity index (χ2n) is 10.4. The molecule has 188 valence electrons. The molecule has 0 spiro atoms. The molecule has 0 aliphatic heterocycles. The largest absolute Gasteiger partial charge is 0.491 e. The first-order valence-electron chi connectivity index (χ1n) is 12.5. The van der Waals surface area contributed by atoms with Crippen LogP contribution in [-0.4, -0.2) is 17.8 Å². The molecule has 3 aromatic rings. The Morgan fingerprint density at radius 2 is 1.43 bits per heavy atom. The molecule has 0 bridgehead atoms. The van der Waals surface area contributed by atoms with Crippen LogP contribution in [-0.2, 0) is 12.0 Å². The van der Waals surface area contributed by atoms with Gasteiger partial charge in [-0.1, -0.05) is 83.1 Å². The maximum absolute atomic E-state index is 10.4. The summed E-state index contributed by atoms with van der Waals surface area (Å²) in [5, 5.41) is 10.4. The monoisotopic (exact) mass is 538 g/mol. The van der Waals surface area contributed by atoms with E-state index in [1.54, 1.807) is 0 Å². The molecular weight excluding hydrogens is 500 g/mol. The number of rotatable bonds is 10. The molecule has 0 aliphatic carbocycles. The van der Waals surface area contributed by atoms with E-state index in [1.807, 2.05) is 45.0 Å². The van der Waals surface area contributed by atoms with Gasteiger partial charge in [0.15, 0.2) is 0 Å². The molecule has 0 saturated heterocycles. The molecule has 0 amide bonds. The van der Waals surface area contributed by atoms with Crippen molar-refractivity contribution < 1.29 is 14.6 Å². The van der Waals surface area contributed by atoms with E-state index < -0.39 is 6.10 Å². The third-order valence-electron chi connectivity index (χ3n) is 7.05. The van der Waals surface area contributed by atoms with Crippen molar-refractivity contribution in [2.45, 2.75) is 72.5 Å². The number of ether oxygens (including phenoxy) is 2. The molecule has 1 N–H and O–H groups in total. The standard InChI is InChI=1S/C31H39BrO3/c1-7-31(8-2,24-14-16-27(22(3)18-24)35-21-29(33)30(4,5)6)25-15-17-28(26(32)19-25)34-20-23-12-10-9-11-13-23/h9-19,29,33H,7-8,20-21H2,1-6H3. The lowest BCUT2D eigenvalue weighted by Crippen LogP contribution is -2.32. The fourth-order valence-electron chi connectivity index (χ4n) is 4.41. The van der Waals surface area contributed by atoms with E-state index in [1.165, 1.54) is 11.1 Å². The Kier molecular flexibility index (Phi) is 9.06. The normalized spacial score (nSPS) is 12.9. The Morgan fingerprint density at radius 1 is 0.829 bits per heavy atom. The molecule has 0 aromatic heterocycles. The molecule has 3 rings (SSSR count). The number of benzene rings is 3. The van der Waals surface area contributed by atoms with Gasteiger partial charge in [0.05, 0.1) is 10.6 Å². The number of aliphatic hydroxyl groups excluding tert-OH is 1. The quantitative estimate of drug-likeness (QED) is 0.282. The van der Waals surface area contributed by atoms with Crippen molar-refractivity contribution in [3.63, 3.8) is 0 Å². The van der Waals surface area contributed by atoms with Gasteiger partial charge >= 0.3 is 0 Å². The number of halogens is 1. The van der Waals surface area contributed by atoms with Crippen LogP contribution in [0, 0.1) is 12.3 Å². The maximum atomic E-state index is 10.4. The van der Waals surface area contributed by atoms with Crippen LogP contribution in [0.5, 0.6) is 11.5 Å². The van der Waals surface area contributed by atoms with Crippen LogP contribution in [0.15, 0.2) is 71.2 Å². The minimum atomic E-state index is -0.521. The third kappa shape index (κ3) is 6.48. The molecule has 4 heteroatoms. The van der Waals surface area contributed by atoms with E-state index in [4.69, 9.17) is 9.47 Å². The molecule has 0 radical (unpaired) electrons. The average Bonchev–Trinajstić information content (AvgIpc) is 2.84. The van der Waals surface area contributed by atoms with Crippen molar-refractivity contribution in [2.24, 2.45) is 5.41 Å². The molecule has 0 saturated carbocycles. The number of aryl methyl sites for hydroxylation is 1. The minimum absolute atomic E-state index is 0.116. The summed E-state index contributed by atoms with van der Waals surface area (Å²) in [5.74, 6) is 1.67. The summed E-state index contributed by atoms with van der Waals surface area (Å²) in [7, 11) is 0. The number of hydrogen-bond donors (Lipinski definition) is 1. The van der Waals surface area contributed by atoms with Crippen molar-refractivity contribution in [1.29, 1.82) is 0 Å². The summed E-state index contributed by atoms with van der Waals surface area (Å²) < 4.78 is 13.0. The van der Waals surface area contributed by atoms with Crippen LogP contribution in [0.25, 0.3) is 0 Å². The van der Waals surface area contributed by atoms with Gasteiger partial charge in [0, 0.05) is 5.41 Å². The van der Waals surface area contributed by atoms with Crippen LogP contribution in [0.3, 0.4) is 0 Å². The van der Waals surface area contributed by atoms with Crippen LogP contribution >= 0.6 is 15.9 Å². The fraction of sp³-hybridized carbons (Fsp3) is 0.419. The van der Waals surface area contributed by atoms with Crippen molar-refractivity contribution in [3.8, 4) is 11.5 Å². The van der Waals surface area contributed by atoms with Gasteiger partial charge in [0.1, 0.15) is 24.7 Å². The van der Waals surface area contributed by atoms with Gasteiger partial charge in [-0.2, -0.15) is 0 Å². The smallest absolute Gasteiger partial charge is 0.134 e. The first-order valence-corrected chi connectivity index (χ1v) is 13.3. The Morgan fingerprint density at radius 3 is 1.97 bits per heavy atom. The van der Waals surface area contributed by atoms with E-state index in [9.17, 15) is 5.11 Å². The van der Waals surface area contributed by atoms with Crippen molar-refractivity contribution in [3.05, 3.63) is 93.5 Å². The second kappa shape index (κ2) is 11.6. The molecule has 3 aromatic carbocycles. The van der Waals surface area contributed by atoms with Crippen LogP contribution in [0.2, 0.25) is 0 Å². The summed E-state index contributed by atoms with van der Waals surface area (Å²) in [6.45, 7) is 13.4. The van der Waals surface area contributed by atoms with Gasteiger partial charge in [0.2, 0.25) is 0 Å². The molecule has 35 heavy (non-hydrogen) atoms. The van der Waals surface area contributed by atoms with Gasteiger partial charge in [-0.15, -0.1) is 0 Å². The topological polar surface area (TPSA) is 38.7 Å². The molecule has 0 heterocycles. The van der Waals surface area contributed by atoms with Gasteiger partial charge in [-0.25, -0.2) is 0 Å². The Hall–Kier alpha value is -2.30. The molecular formula is C31H39BrO3. The predicted octanol–water partition coefficient (Wildman–Crippen LogP) is 8.23. The highest BCUT2D eigenvalue weighted by Gasteiger charge is 2.32. The van der Waals surface area contributed by atoms with Gasteiger partial charge in [-0.05, 0) is 81.6 Å². The third-order valence-corrected chi connectivity index (χ3v) is 7.67. The SMILES string of the molecule is CCC(CC)(c1ccc(OCC(O)C(C)(C)C)c(C)c1)c1ccc(OCc2ccccc2)c(Br)c1. The zero-order valence-corrected chi connectivity index (χ0v) is 23.5. The first-order chi connectivity index (χ1) is 16.6. The predicted molar refractivity (Wildman–Crippen MR) is 148 cm³/mol. The minimum Gasteiger partial charge on any atom is -0.491 e. The summed E-state index contributed by atoms with van der Waals surface area (Å²) in [5.41, 5.74) is 4.43. The summed E-state index contributed by atoms with van der Waals surface area (Å²) in [6, 6.07) is 23.1. The molecule has 1 unspecified atom stereocenters. The average molecular weight is 540 g/mol. The number of aliphatic hydroxyl groups is 1. The summed E-state index contributed by atoms with van der Waals surface area (Å²) in [4.78, 5) is 0. The van der Waals surface area contributed by atoms with E-state index in [2.05, 4.69) is 79.2 Å². The lowest BCUT2D eigenvalue weighted by molar-refractivity contribution is 0.0216. The van der Waals surface area contributed by atoms with E-state index in [0.29, 0.717) is 6.61 Å². The van der Waals surface area contributed by atoms with Crippen LogP contribution in [0.1, 0.15) is 69.7 Å². The summed E-state index contributed by atoms with van der Waals surface area (Å²) in [6.07, 6.45) is 1.43. The highest BCUT2D eigenvalue weighted by molar-refractivity contribution is 9.10. The number of hydrogen-bond acceptors (Lipinski definition) is 3. The van der Waals surface area contributed by atoms with Crippen LogP contribution in [0.4, 0.5) is 0 Å². The lowest BCUT2D eigenvalue weighted by Gasteiger charge is -2.34. The van der Waals surface area contributed by atoms with Crippen molar-refractivity contribution >= 4 is 15.9 Å². The van der Waals surface area contributed by atoms with E-state index >= 15 is 0 Å². The summed E-state index contributed by atoms with van der Waals surface area (Å²) >= 11 is 3.75. The zero-order chi connectivity index (χ0) is 25.6. The second-order valence-corrected chi connectivity index (χ2v) is 11.2. The van der Waals surface area contributed by atoms with E-state index in [0.717, 1.165) is 39.9 Å². The fourth-order valence-corrected chi connectivity index (χ4v) is 4.91. The van der Waals surface area contributed by atoms with Gasteiger partial charge in [-0.3, -0.25) is 0 Å². The van der Waals surface area contributed by atoms with E-state index in [-0.39, 0.29) is 17.4 Å². The molecule has 0 aliphatic rings. The molecule has 1 atom stereocenters. The Bertz CT molecular complexity index is 1100. The highest BCUT2D eigenvalue weighted by atomic mass is 79.9. The maximum Gasteiger partial charge on any atom is 0.134 e. The molecule has 0 fully saturated rings. The van der Waals surface area contributed by atoms with Gasteiger partial charge < -0.3 is 14.6 Å². The first kappa shape index (κ1) is 27.3. The van der Waals surface area contributed by atoms with Crippen molar-refractivity contribution in [1.82, 2.24) is 0 Å². The molecule has 3 nitrogen and oxygen atoms in total. The lowest BCUT2D eigenvalue weighted by atomic mass is 9.70. The highest BCUT2D eigenvalue weighted by Crippen LogP contribution is 2.42.